The molecule has 19 heavy (non-hydrogen) atoms. The van der Waals surface area contributed by atoms with Crippen molar-refractivity contribution in [3.63, 3.8) is 0 Å². The zero-order valence-corrected chi connectivity index (χ0v) is 12.7. The monoisotopic (exact) mass is 285 g/mol. The van der Waals surface area contributed by atoms with Crippen molar-refractivity contribution in [3.8, 4) is 0 Å². The highest BCUT2D eigenvalue weighted by molar-refractivity contribution is 7.88. The number of rotatable bonds is 7. The van der Waals surface area contributed by atoms with Crippen LogP contribution in [0.1, 0.15) is 31.4 Å². The van der Waals surface area contributed by atoms with E-state index in [2.05, 4.69) is 6.92 Å². The molecule has 0 spiro atoms. The van der Waals surface area contributed by atoms with Crippen molar-refractivity contribution in [1.29, 1.82) is 0 Å². The van der Waals surface area contributed by atoms with Gasteiger partial charge in [0.05, 0.1) is 12.4 Å². The van der Waals surface area contributed by atoms with Gasteiger partial charge in [-0.25, -0.2) is 12.7 Å². The van der Waals surface area contributed by atoms with E-state index in [1.165, 1.54) is 4.31 Å². The molecule has 1 atom stereocenters. The van der Waals surface area contributed by atoms with Crippen molar-refractivity contribution in [3.05, 3.63) is 35.4 Å². The minimum Gasteiger partial charge on any atom is -0.392 e. The molecule has 0 aliphatic heterocycles. The zero-order chi connectivity index (χ0) is 14.5. The van der Waals surface area contributed by atoms with E-state index in [1.54, 1.807) is 31.3 Å². The fourth-order valence-corrected chi connectivity index (χ4v) is 3.06. The van der Waals surface area contributed by atoms with Crippen molar-refractivity contribution in [2.24, 2.45) is 5.92 Å². The molecule has 0 saturated heterocycles. The molecule has 0 radical (unpaired) electrons. The predicted molar refractivity (Wildman–Crippen MR) is 77.1 cm³/mol. The zero-order valence-electron chi connectivity index (χ0n) is 11.8. The van der Waals surface area contributed by atoms with E-state index in [1.807, 2.05) is 6.92 Å². The van der Waals surface area contributed by atoms with E-state index in [-0.39, 0.29) is 12.4 Å². The van der Waals surface area contributed by atoms with Crippen LogP contribution >= 0.6 is 0 Å². The third-order valence-electron chi connectivity index (χ3n) is 3.30. The highest BCUT2D eigenvalue weighted by Crippen LogP contribution is 2.13. The Morgan fingerprint density at radius 2 is 1.74 bits per heavy atom. The lowest BCUT2D eigenvalue weighted by Gasteiger charge is -2.20. The topological polar surface area (TPSA) is 57.6 Å². The summed E-state index contributed by atoms with van der Waals surface area (Å²) in [6, 6.07) is 7.00. The van der Waals surface area contributed by atoms with E-state index in [0.29, 0.717) is 12.5 Å². The van der Waals surface area contributed by atoms with Crippen LogP contribution in [0.2, 0.25) is 0 Å². The van der Waals surface area contributed by atoms with Crippen molar-refractivity contribution < 1.29 is 13.5 Å². The highest BCUT2D eigenvalue weighted by Gasteiger charge is 2.19. The molecular formula is C14H23NO3S. The normalized spacial score (nSPS) is 13.7. The van der Waals surface area contributed by atoms with Crippen molar-refractivity contribution in [1.82, 2.24) is 4.31 Å². The molecule has 0 bridgehead atoms. The van der Waals surface area contributed by atoms with E-state index in [9.17, 15) is 8.42 Å². The molecule has 1 aromatic carbocycles. The van der Waals surface area contributed by atoms with Gasteiger partial charge in [0.25, 0.3) is 0 Å². The molecule has 0 aliphatic rings. The van der Waals surface area contributed by atoms with Crippen molar-refractivity contribution in [2.75, 3.05) is 13.6 Å². The van der Waals surface area contributed by atoms with E-state index in [4.69, 9.17) is 5.11 Å². The molecule has 108 valence electrons. The lowest BCUT2D eigenvalue weighted by Crippen LogP contribution is -2.32. The van der Waals surface area contributed by atoms with E-state index in [0.717, 1.165) is 17.5 Å². The number of aliphatic hydroxyl groups is 1. The number of nitrogens with zero attached hydrogens (tertiary/aromatic N) is 1. The molecule has 0 heterocycles. The largest absolute Gasteiger partial charge is 0.392 e. The number of hydrogen-bond donors (Lipinski definition) is 1. The Labute approximate surface area is 116 Å². The van der Waals surface area contributed by atoms with Crippen LogP contribution in [0.5, 0.6) is 0 Å². The fraction of sp³-hybridized carbons (Fsp3) is 0.571. The van der Waals surface area contributed by atoms with Crippen molar-refractivity contribution in [2.45, 2.75) is 32.6 Å². The smallest absolute Gasteiger partial charge is 0.218 e. The maximum absolute atomic E-state index is 12.2. The molecular weight excluding hydrogens is 262 g/mol. The van der Waals surface area contributed by atoms with Gasteiger partial charge in [-0.05, 0) is 17.0 Å². The number of benzene rings is 1. The minimum absolute atomic E-state index is 0.00560. The Balaban J connectivity index is 2.72. The summed E-state index contributed by atoms with van der Waals surface area (Å²) < 4.78 is 25.8. The summed E-state index contributed by atoms with van der Waals surface area (Å²) in [6.45, 7) is 4.62. The van der Waals surface area contributed by atoms with Crippen LogP contribution in [0.4, 0.5) is 0 Å². The minimum atomic E-state index is -3.27. The first kappa shape index (κ1) is 16.1. The van der Waals surface area contributed by atoms with Crippen LogP contribution in [0.15, 0.2) is 24.3 Å². The molecule has 1 rings (SSSR count). The number of sulfonamides is 1. The SMILES string of the molecule is CCC(C)CN(C)S(=O)(=O)Cc1ccc(CO)cc1. The van der Waals surface area contributed by atoms with Crippen LogP contribution in [-0.2, 0) is 22.4 Å². The Kier molecular flexibility index (Phi) is 5.97. The average molecular weight is 285 g/mol. The number of hydrogen-bond acceptors (Lipinski definition) is 3. The second-order valence-corrected chi connectivity index (χ2v) is 7.10. The third-order valence-corrected chi connectivity index (χ3v) is 5.09. The van der Waals surface area contributed by atoms with Crippen LogP contribution < -0.4 is 0 Å². The first-order valence-electron chi connectivity index (χ1n) is 6.51. The van der Waals surface area contributed by atoms with Crippen LogP contribution in [0.3, 0.4) is 0 Å². The third kappa shape index (κ3) is 4.93. The van der Waals surface area contributed by atoms with Gasteiger partial charge in [0.2, 0.25) is 10.0 Å². The maximum Gasteiger partial charge on any atom is 0.218 e. The van der Waals surface area contributed by atoms with Gasteiger partial charge in [0.15, 0.2) is 0 Å². The van der Waals surface area contributed by atoms with Gasteiger partial charge >= 0.3 is 0 Å². The van der Waals surface area contributed by atoms with Gasteiger partial charge in [-0.3, -0.25) is 0 Å². The Bertz CT molecular complexity index is 482. The molecule has 0 saturated carbocycles. The van der Waals surface area contributed by atoms with Gasteiger partial charge in [-0.15, -0.1) is 0 Å². The molecule has 0 aromatic heterocycles. The maximum atomic E-state index is 12.2. The Morgan fingerprint density at radius 1 is 1.21 bits per heavy atom. The summed E-state index contributed by atoms with van der Waals surface area (Å²) in [5.74, 6) is 0.364. The predicted octanol–water partition coefficient (Wildman–Crippen LogP) is 1.99. The first-order valence-corrected chi connectivity index (χ1v) is 8.12. The van der Waals surface area contributed by atoms with Gasteiger partial charge in [0.1, 0.15) is 0 Å². The molecule has 0 aliphatic carbocycles. The molecule has 1 N–H and O–H groups in total. The number of aliphatic hydroxyl groups excluding tert-OH is 1. The summed E-state index contributed by atoms with van der Waals surface area (Å²) >= 11 is 0. The summed E-state index contributed by atoms with van der Waals surface area (Å²) in [5.41, 5.74) is 1.53. The lowest BCUT2D eigenvalue weighted by molar-refractivity contribution is 0.282. The van der Waals surface area contributed by atoms with Gasteiger partial charge in [0, 0.05) is 13.6 Å². The van der Waals surface area contributed by atoms with Crippen LogP contribution in [0.25, 0.3) is 0 Å². The summed E-state index contributed by atoms with van der Waals surface area (Å²) in [7, 11) is -1.64. The van der Waals surface area contributed by atoms with E-state index >= 15 is 0 Å². The summed E-state index contributed by atoms with van der Waals surface area (Å²) in [6.07, 6.45) is 0.963. The summed E-state index contributed by atoms with van der Waals surface area (Å²) in [4.78, 5) is 0. The van der Waals surface area contributed by atoms with Crippen molar-refractivity contribution >= 4 is 10.0 Å². The quantitative estimate of drug-likeness (QED) is 0.833. The molecule has 0 amide bonds. The average Bonchev–Trinajstić information content (AvgIpc) is 2.39. The Morgan fingerprint density at radius 3 is 2.21 bits per heavy atom. The standard InChI is InChI=1S/C14H23NO3S/c1-4-12(2)9-15(3)19(17,18)11-14-7-5-13(10-16)6-8-14/h5-8,12,16H,4,9-11H2,1-3H3. The first-order chi connectivity index (χ1) is 8.89. The molecule has 1 unspecified atom stereocenters. The summed E-state index contributed by atoms with van der Waals surface area (Å²) in [5, 5.41) is 8.95. The lowest BCUT2D eigenvalue weighted by atomic mass is 10.1. The van der Waals surface area contributed by atoms with E-state index < -0.39 is 10.0 Å². The highest BCUT2D eigenvalue weighted by atomic mass is 32.2. The molecule has 1 aromatic rings. The second kappa shape index (κ2) is 7.03. The van der Waals surface area contributed by atoms with Gasteiger partial charge in [-0.2, -0.15) is 0 Å². The fourth-order valence-electron chi connectivity index (χ4n) is 1.74. The van der Waals surface area contributed by atoms with Gasteiger partial charge < -0.3 is 5.11 Å². The molecule has 4 nitrogen and oxygen atoms in total. The van der Waals surface area contributed by atoms with Gasteiger partial charge in [-0.1, -0.05) is 44.5 Å². The van der Waals surface area contributed by atoms with Crippen LogP contribution in [0, 0.1) is 5.92 Å². The molecule has 5 heteroatoms. The Hall–Kier alpha value is -0.910. The second-order valence-electron chi connectivity index (χ2n) is 5.02. The van der Waals surface area contributed by atoms with Crippen LogP contribution in [-0.4, -0.2) is 31.4 Å². The molecule has 0 fully saturated rings.